The van der Waals surface area contributed by atoms with E-state index in [-0.39, 0.29) is 31.9 Å². The first-order chi connectivity index (χ1) is 23.9. The second-order valence-corrected chi connectivity index (χ2v) is 14.6. The number of nitrogens with zero attached hydrogens (tertiary/aromatic N) is 2. The molecular formula is C45H35IrN2OS-. The van der Waals surface area contributed by atoms with Gasteiger partial charge in [0.15, 0.2) is 0 Å². The Bertz CT molecular complexity index is 2650. The van der Waals surface area contributed by atoms with Gasteiger partial charge in [0, 0.05) is 57.8 Å². The van der Waals surface area contributed by atoms with E-state index in [1.807, 2.05) is 11.3 Å². The Kier molecular flexibility index (Phi) is 8.31. The van der Waals surface area contributed by atoms with Crippen molar-refractivity contribution >= 4 is 53.5 Å². The van der Waals surface area contributed by atoms with Crippen LogP contribution in [0.4, 0.5) is 0 Å². The minimum atomic E-state index is 0. The van der Waals surface area contributed by atoms with Crippen molar-refractivity contribution < 1.29 is 24.5 Å². The fourth-order valence-corrected chi connectivity index (χ4v) is 8.35. The van der Waals surface area contributed by atoms with Gasteiger partial charge in [0.05, 0.1) is 16.9 Å². The van der Waals surface area contributed by atoms with Gasteiger partial charge in [0.1, 0.15) is 0 Å². The zero-order valence-corrected chi connectivity index (χ0v) is 31.5. The summed E-state index contributed by atoms with van der Waals surface area (Å²) in [5.41, 5.74) is 12.2. The van der Waals surface area contributed by atoms with Crippen molar-refractivity contribution in [2.24, 2.45) is 0 Å². The minimum Gasteiger partial charge on any atom is -0.557 e. The molecule has 0 aliphatic carbocycles. The third-order valence-electron chi connectivity index (χ3n) is 9.75. The van der Waals surface area contributed by atoms with E-state index < -0.39 is 0 Å². The van der Waals surface area contributed by atoms with Crippen LogP contribution in [0.5, 0.6) is 0 Å². The molecule has 0 atom stereocenters. The normalized spacial score (nSPS) is 11.8. The second-order valence-electron chi connectivity index (χ2n) is 13.5. The Balaban J connectivity index is 0.00000361. The Hall–Kier alpha value is -4.80. The van der Waals surface area contributed by atoms with Crippen molar-refractivity contribution in [2.45, 2.75) is 39.5 Å². The number of hydrogen-bond donors (Lipinski definition) is 0. The van der Waals surface area contributed by atoms with E-state index in [0.717, 1.165) is 39.0 Å². The SMILES string of the molecule is CC(C)c1cc(-c2ccccc2)cc(C(C)C)c1-n1c(-c2[c-]oc3ccc(-c4ccc5sc6ccccc6c5c4)cc23)nc2ccccc21.[Ir]. The molecular weight excluding hydrogens is 809 g/mol. The summed E-state index contributed by atoms with van der Waals surface area (Å²) in [6.45, 7) is 9.15. The third-order valence-corrected chi connectivity index (χ3v) is 10.9. The van der Waals surface area contributed by atoms with Crippen LogP contribution in [0.1, 0.15) is 50.7 Å². The van der Waals surface area contributed by atoms with Gasteiger partial charge in [-0.3, -0.25) is 4.98 Å². The summed E-state index contributed by atoms with van der Waals surface area (Å²) in [5.74, 6) is 1.41. The first kappa shape index (κ1) is 32.4. The average Bonchev–Trinajstić information content (AvgIpc) is 3.84. The summed E-state index contributed by atoms with van der Waals surface area (Å²) < 4.78 is 11.1. The Morgan fingerprint density at radius 2 is 1.24 bits per heavy atom. The Morgan fingerprint density at radius 1 is 0.600 bits per heavy atom. The number of fused-ring (bicyclic) bond motifs is 5. The molecule has 0 unspecified atom stereocenters. The molecule has 1 radical (unpaired) electrons. The molecule has 3 heterocycles. The topological polar surface area (TPSA) is 31.0 Å². The number of aromatic nitrogens is 2. The molecule has 0 bridgehead atoms. The second kappa shape index (κ2) is 12.8. The van der Waals surface area contributed by atoms with Crippen LogP contribution in [-0.2, 0) is 20.1 Å². The molecule has 247 valence electrons. The molecule has 5 heteroatoms. The molecule has 0 amide bonds. The van der Waals surface area contributed by atoms with Crippen LogP contribution in [0.25, 0.3) is 81.5 Å². The summed E-state index contributed by atoms with van der Waals surface area (Å²) >= 11 is 1.85. The largest absolute Gasteiger partial charge is 0.557 e. The molecule has 3 nitrogen and oxygen atoms in total. The van der Waals surface area contributed by atoms with E-state index in [9.17, 15) is 0 Å². The third kappa shape index (κ3) is 5.32. The van der Waals surface area contributed by atoms with E-state index in [0.29, 0.717) is 0 Å². The summed E-state index contributed by atoms with van der Waals surface area (Å²) in [7, 11) is 0. The molecule has 9 rings (SSSR count). The number of benzene rings is 6. The van der Waals surface area contributed by atoms with Crippen molar-refractivity contribution in [3.05, 3.63) is 145 Å². The van der Waals surface area contributed by atoms with Crippen molar-refractivity contribution in [1.29, 1.82) is 0 Å². The van der Waals surface area contributed by atoms with Crippen LogP contribution in [0.15, 0.2) is 132 Å². The van der Waals surface area contributed by atoms with Gasteiger partial charge in [-0.25, -0.2) is 0 Å². The summed E-state index contributed by atoms with van der Waals surface area (Å²) in [5, 5.41) is 3.60. The molecule has 0 saturated heterocycles. The standard InChI is InChI=1S/C45H35N2OS.Ir/c1-27(2)34-24-32(29-12-6-5-7-13-29)25-35(28(3)4)44(34)47-40-16-10-9-15-39(40)46-45(47)38-26-48-41-20-18-30(22-36(38)41)31-19-21-43-37(23-31)33-14-8-11-17-42(33)49-43;/h5-25,27-28H,1-4H3;/q-1;. The first-order valence-corrected chi connectivity index (χ1v) is 17.8. The number of furan rings is 1. The number of rotatable bonds is 6. The molecule has 0 N–H and O–H groups in total. The van der Waals surface area contributed by atoms with Gasteiger partial charge in [-0.1, -0.05) is 124 Å². The van der Waals surface area contributed by atoms with Crippen molar-refractivity contribution in [3.63, 3.8) is 0 Å². The van der Waals surface area contributed by atoms with Gasteiger partial charge in [0.25, 0.3) is 0 Å². The van der Waals surface area contributed by atoms with E-state index in [2.05, 4.69) is 166 Å². The fraction of sp³-hybridized carbons (Fsp3) is 0.133. The van der Waals surface area contributed by atoms with E-state index in [1.165, 1.54) is 53.7 Å². The van der Waals surface area contributed by atoms with Crippen molar-refractivity contribution in [2.75, 3.05) is 0 Å². The number of thiophene rings is 1. The predicted octanol–water partition coefficient (Wildman–Crippen LogP) is 13.2. The zero-order valence-electron chi connectivity index (χ0n) is 28.3. The van der Waals surface area contributed by atoms with Gasteiger partial charge >= 0.3 is 0 Å². The van der Waals surface area contributed by atoms with Crippen LogP contribution in [0.2, 0.25) is 0 Å². The maximum Gasteiger partial charge on any atom is 0.0774 e. The summed E-state index contributed by atoms with van der Waals surface area (Å²) in [6.07, 6.45) is 3.31. The molecule has 0 aliphatic rings. The first-order valence-electron chi connectivity index (χ1n) is 17.0. The van der Waals surface area contributed by atoms with Crippen LogP contribution in [0, 0.1) is 6.26 Å². The molecule has 3 aromatic heterocycles. The Morgan fingerprint density at radius 3 is 2.00 bits per heavy atom. The fourth-order valence-electron chi connectivity index (χ4n) is 7.26. The minimum absolute atomic E-state index is 0. The summed E-state index contributed by atoms with van der Waals surface area (Å²) in [4.78, 5) is 5.31. The number of para-hydroxylation sites is 2. The molecule has 9 aromatic rings. The molecule has 6 aromatic carbocycles. The average molecular weight is 844 g/mol. The van der Waals surface area contributed by atoms with Crippen LogP contribution in [0.3, 0.4) is 0 Å². The van der Waals surface area contributed by atoms with Crippen molar-refractivity contribution in [1.82, 2.24) is 9.55 Å². The van der Waals surface area contributed by atoms with E-state index in [4.69, 9.17) is 9.40 Å². The van der Waals surface area contributed by atoms with Gasteiger partial charge < -0.3 is 8.98 Å². The van der Waals surface area contributed by atoms with Gasteiger partial charge in [-0.05, 0) is 87.7 Å². The van der Waals surface area contributed by atoms with Gasteiger partial charge in [0.2, 0.25) is 0 Å². The smallest absolute Gasteiger partial charge is 0.0774 e. The van der Waals surface area contributed by atoms with E-state index in [1.54, 1.807) is 0 Å². The monoisotopic (exact) mass is 844 g/mol. The maximum atomic E-state index is 6.15. The van der Waals surface area contributed by atoms with Gasteiger partial charge in [-0.2, -0.15) is 0 Å². The Labute approximate surface area is 309 Å². The van der Waals surface area contributed by atoms with Crippen LogP contribution in [-0.4, -0.2) is 9.55 Å². The van der Waals surface area contributed by atoms with Crippen LogP contribution < -0.4 is 0 Å². The molecule has 0 spiro atoms. The summed E-state index contributed by atoms with van der Waals surface area (Å²) in [6, 6.07) is 45.8. The number of imidazole rings is 1. The molecule has 0 fully saturated rings. The van der Waals surface area contributed by atoms with Gasteiger partial charge in [-0.15, -0.1) is 11.3 Å². The molecule has 50 heavy (non-hydrogen) atoms. The van der Waals surface area contributed by atoms with E-state index >= 15 is 0 Å². The zero-order chi connectivity index (χ0) is 33.2. The molecule has 0 aliphatic heterocycles. The maximum absolute atomic E-state index is 6.15. The van der Waals surface area contributed by atoms with Crippen molar-refractivity contribution in [3.8, 4) is 39.3 Å². The number of hydrogen-bond acceptors (Lipinski definition) is 3. The quantitative estimate of drug-likeness (QED) is 0.156. The molecule has 0 saturated carbocycles. The predicted molar refractivity (Wildman–Crippen MR) is 207 cm³/mol. The van der Waals surface area contributed by atoms with Crippen LogP contribution >= 0.6 is 11.3 Å².